The summed E-state index contributed by atoms with van der Waals surface area (Å²) in [4.78, 5) is 29.6. The molecule has 1 aliphatic carbocycles. The van der Waals surface area contributed by atoms with Crippen LogP contribution in [0.25, 0.3) is 0 Å². The van der Waals surface area contributed by atoms with Crippen LogP contribution < -0.4 is 15.4 Å². The van der Waals surface area contributed by atoms with Crippen LogP contribution in [-0.4, -0.2) is 28.2 Å². The molecule has 1 fully saturated rings. The number of nitrogens with one attached hydrogen (secondary N) is 2. The van der Waals surface area contributed by atoms with E-state index in [4.69, 9.17) is 51.1 Å². The van der Waals surface area contributed by atoms with Crippen molar-refractivity contribution in [2.75, 3.05) is 17.7 Å². The van der Waals surface area contributed by atoms with Gasteiger partial charge in [-0.05, 0) is 42.0 Å². The second kappa shape index (κ2) is 9.58. The summed E-state index contributed by atoms with van der Waals surface area (Å²) < 4.78 is 17.1. The topological polar surface area (TPSA) is 80.3 Å². The number of ether oxygens (including phenoxy) is 1. The molecule has 11 heteroatoms. The summed E-state index contributed by atoms with van der Waals surface area (Å²) in [5, 5.41) is 5.48. The summed E-state index contributed by atoms with van der Waals surface area (Å²) in [5.74, 6) is -2.54. The van der Waals surface area contributed by atoms with Crippen LogP contribution in [0.4, 0.5) is 15.8 Å². The Kier molecular flexibility index (Phi) is 6.92. The quantitative estimate of drug-likeness (QED) is 0.357. The number of alkyl halides is 2. The minimum Gasteiger partial charge on any atom is -0.481 e. The number of carbonyl (C=O) groups is 2. The molecule has 0 aliphatic heterocycles. The highest BCUT2D eigenvalue weighted by Crippen LogP contribution is 2.65. The van der Waals surface area contributed by atoms with Crippen LogP contribution in [0.3, 0.4) is 0 Å². The number of rotatable bonds is 6. The van der Waals surface area contributed by atoms with Crippen molar-refractivity contribution in [3.63, 3.8) is 0 Å². The highest BCUT2D eigenvalue weighted by Gasteiger charge is 2.67. The number of nitrogens with zero attached hydrogens (tertiary/aromatic N) is 1. The SMILES string of the molecule is COc1ccc(NC(=O)c2cc(NC(=O)C3C(c4ccc(F)c(Cl)c4)C3(Cl)Cl)ccc2Cl)cn1. The molecule has 176 valence electrons. The Balaban J connectivity index is 1.48. The molecule has 0 bridgehead atoms. The van der Waals surface area contributed by atoms with Crippen LogP contribution in [0, 0.1) is 11.7 Å². The van der Waals surface area contributed by atoms with Crippen LogP contribution in [0.2, 0.25) is 10.0 Å². The van der Waals surface area contributed by atoms with Gasteiger partial charge in [-0.15, -0.1) is 23.2 Å². The van der Waals surface area contributed by atoms with Gasteiger partial charge in [-0.1, -0.05) is 29.3 Å². The van der Waals surface area contributed by atoms with Gasteiger partial charge in [0, 0.05) is 17.7 Å². The first kappa shape index (κ1) is 24.5. The molecule has 3 aromatic rings. The monoisotopic (exact) mass is 541 g/mol. The lowest BCUT2D eigenvalue weighted by atomic mass is 10.1. The minimum absolute atomic E-state index is 0.0897. The van der Waals surface area contributed by atoms with Crippen LogP contribution in [0.15, 0.2) is 54.7 Å². The largest absolute Gasteiger partial charge is 0.481 e. The number of aromatic nitrogens is 1. The zero-order chi connectivity index (χ0) is 24.6. The van der Waals surface area contributed by atoms with E-state index >= 15 is 0 Å². The van der Waals surface area contributed by atoms with Crippen molar-refractivity contribution in [2.45, 2.75) is 10.3 Å². The molecule has 2 amide bonds. The second-order valence-corrected chi connectivity index (χ2v) is 9.79. The van der Waals surface area contributed by atoms with Gasteiger partial charge in [0.25, 0.3) is 5.91 Å². The van der Waals surface area contributed by atoms with E-state index in [1.165, 1.54) is 43.6 Å². The zero-order valence-corrected chi connectivity index (χ0v) is 20.4. The van der Waals surface area contributed by atoms with Gasteiger partial charge in [0.15, 0.2) is 0 Å². The third-order valence-corrected chi connectivity index (χ3v) is 6.88. The fraction of sp³-hybridized carbons (Fsp3) is 0.174. The molecule has 4 rings (SSSR count). The number of amides is 2. The van der Waals surface area contributed by atoms with E-state index in [-0.39, 0.29) is 15.6 Å². The predicted molar refractivity (Wildman–Crippen MR) is 131 cm³/mol. The number of methoxy groups -OCH3 is 1. The Labute approximate surface area is 214 Å². The van der Waals surface area contributed by atoms with Crippen LogP contribution >= 0.6 is 46.4 Å². The van der Waals surface area contributed by atoms with Crippen molar-refractivity contribution < 1.29 is 18.7 Å². The molecule has 1 aromatic heterocycles. The van der Waals surface area contributed by atoms with Gasteiger partial charge < -0.3 is 15.4 Å². The lowest BCUT2D eigenvalue weighted by Gasteiger charge is -2.10. The summed E-state index contributed by atoms with van der Waals surface area (Å²) in [6.07, 6.45) is 1.44. The van der Waals surface area contributed by atoms with E-state index in [1.807, 2.05) is 0 Å². The smallest absolute Gasteiger partial charge is 0.257 e. The highest BCUT2D eigenvalue weighted by atomic mass is 35.5. The average molecular weight is 543 g/mol. The van der Waals surface area contributed by atoms with Crippen LogP contribution in [-0.2, 0) is 4.79 Å². The lowest BCUT2D eigenvalue weighted by Crippen LogP contribution is -2.18. The molecule has 0 spiro atoms. The number of benzene rings is 2. The van der Waals surface area contributed by atoms with Crippen LogP contribution in [0.1, 0.15) is 21.8 Å². The number of pyridine rings is 1. The Morgan fingerprint density at radius 2 is 1.74 bits per heavy atom. The third kappa shape index (κ3) is 4.93. The van der Waals surface area contributed by atoms with E-state index in [0.29, 0.717) is 22.8 Å². The average Bonchev–Trinajstić information content (AvgIpc) is 3.39. The molecule has 1 saturated carbocycles. The van der Waals surface area contributed by atoms with Crippen molar-refractivity contribution in [3.05, 3.63) is 81.7 Å². The fourth-order valence-electron chi connectivity index (χ4n) is 3.54. The molecular weight excluding hydrogens is 527 g/mol. The maximum atomic E-state index is 13.5. The molecule has 34 heavy (non-hydrogen) atoms. The summed E-state index contributed by atoms with van der Waals surface area (Å²) in [7, 11) is 1.48. The normalized spacial score (nSPS) is 18.2. The number of halogens is 5. The lowest BCUT2D eigenvalue weighted by molar-refractivity contribution is -0.117. The molecule has 2 aromatic carbocycles. The van der Waals surface area contributed by atoms with Crippen molar-refractivity contribution >= 4 is 69.6 Å². The first-order valence-electron chi connectivity index (χ1n) is 9.86. The zero-order valence-electron chi connectivity index (χ0n) is 17.4. The summed E-state index contributed by atoms with van der Waals surface area (Å²) in [6.45, 7) is 0. The number of carbonyl (C=O) groups excluding carboxylic acids is 2. The van der Waals surface area contributed by atoms with Crippen molar-refractivity contribution in [3.8, 4) is 5.88 Å². The molecule has 0 radical (unpaired) electrons. The molecule has 0 saturated heterocycles. The van der Waals surface area contributed by atoms with Gasteiger partial charge in [0.1, 0.15) is 10.2 Å². The van der Waals surface area contributed by atoms with E-state index in [0.717, 1.165) is 0 Å². The fourth-order valence-corrected chi connectivity index (χ4v) is 4.76. The van der Waals surface area contributed by atoms with Crippen molar-refractivity contribution in [1.82, 2.24) is 4.98 Å². The highest BCUT2D eigenvalue weighted by molar-refractivity contribution is 6.53. The van der Waals surface area contributed by atoms with Gasteiger partial charge in [0.05, 0.1) is 40.5 Å². The van der Waals surface area contributed by atoms with Gasteiger partial charge in [-0.25, -0.2) is 9.37 Å². The van der Waals surface area contributed by atoms with E-state index < -0.39 is 33.8 Å². The molecule has 6 nitrogen and oxygen atoms in total. The Morgan fingerprint density at radius 1 is 1.00 bits per heavy atom. The predicted octanol–water partition coefficient (Wildman–Crippen LogP) is 6.31. The van der Waals surface area contributed by atoms with Crippen molar-refractivity contribution in [1.29, 1.82) is 0 Å². The number of hydrogen-bond acceptors (Lipinski definition) is 4. The van der Waals surface area contributed by atoms with E-state index in [2.05, 4.69) is 15.6 Å². The molecule has 1 aliphatic rings. The Morgan fingerprint density at radius 3 is 2.38 bits per heavy atom. The summed E-state index contributed by atoms with van der Waals surface area (Å²) in [5.41, 5.74) is 1.43. The standard InChI is InChI=1S/C23H16Cl4FN3O3/c1-34-18-7-4-13(10-29-18)31-21(32)14-9-12(3-5-15(14)24)30-22(33)20-19(23(20,26)27)11-2-6-17(28)16(25)8-11/h2-10,19-20H,1H3,(H,30,33)(H,31,32). The summed E-state index contributed by atoms with van der Waals surface area (Å²) >= 11 is 24.7. The third-order valence-electron chi connectivity index (χ3n) is 5.32. The Bertz CT molecular complexity index is 1270. The van der Waals surface area contributed by atoms with Crippen molar-refractivity contribution in [2.24, 2.45) is 5.92 Å². The molecule has 2 unspecified atom stereocenters. The minimum atomic E-state index is -1.39. The first-order chi connectivity index (χ1) is 16.1. The molecule has 2 N–H and O–H groups in total. The van der Waals surface area contributed by atoms with Gasteiger partial charge in [0.2, 0.25) is 11.8 Å². The molecule has 2 atom stereocenters. The summed E-state index contributed by atoms with van der Waals surface area (Å²) in [6, 6.07) is 11.8. The number of anilines is 2. The number of hydrogen-bond donors (Lipinski definition) is 2. The second-order valence-electron chi connectivity index (χ2n) is 7.53. The first-order valence-corrected chi connectivity index (χ1v) is 11.4. The van der Waals surface area contributed by atoms with Gasteiger partial charge in [-0.2, -0.15) is 0 Å². The molecular formula is C23H16Cl4FN3O3. The van der Waals surface area contributed by atoms with E-state index in [1.54, 1.807) is 18.2 Å². The maximum Gasteiger partial charge on any atom is 0.257 e. The molecule has 1 heterocycles. The maximum absolute atomic E-state index is 13.5. The van der Waals surface area contributed by atoms with Crippen LogP contribution in [0.5, 0.6) is 5.88 Å². The van der Waals surface area contributed by atoms with Gasteiger partial charge in [-0.3, -0.25) is 9.59 Å². The van der Waals surface area contributed by atoms with Gasteiger partial charge >= 0.3 is 0 Å². The Hall–Kier alpha value is -2.58. The van der Waals surface area contributed by atoms with E-state index in [9.17, 15) is 14.0 Å².